The van der Waals surface area contributed by atoms with Crippen LogP contribution in [0.5, 0.6) is 0 Å². The summed E-state index contributed by atoms with van der Waals surface area (Å²) in [5.41, 5.74) is -0.391. The van der Waals surface area contributed by atoms with E-state index in [1.54, 1.807) is 26.8 Å². The molecule has 146 valence electrons. The molecule has 3 atom stereocenters. The minimum atomic E-state index is -1.18. The smallest absolute Gasteiger partial charge is 0.415 e. The monoisotopic (exact) mass is 375 g/mol. The van der Waals surface area contributed by atoms with Gasteiger partial charge in [-0.1, -0.05) is 18.2 Å². The van der Waals surface area contributed by atoms with Gasteiger partial charge in [-0.3, -0.25) is 9.69 Å². The normalized spacial score (nSPS) is 25.7. The highest BCUT2D eigenvalue weighted by atomic mass is 16.6. The van der Waals surface area contributed by atoms with E-state index in [4.69, 9.17) is 14.2 Å². The molecular formula is C20H25NO6. The van der Waals surface area contributed by atoms with E-state index < -0.39 is 23.2 Å². The third-order valence-electron chi connectivity index (χ3n) is 5.09. The molecule has 1 aromatic carbocycles. The lowest BCUT2D eigenvalue weighted by Crippen LogP contribution is -2.67. The van der Waals surface area contributed by atoms with Crippen LogP contribution in [-0.4, -0.2) is 42.9 Å². The topological polar surface area (TPSA) is 82.1 Å². The first kappa shape index (κ1) is 19.2. The molecule has 2 aliphatic rings. The zero-order valence-electron chi connectivity index (χ0n) is 16.3. The van der Waals surface area contributed by atoms with Crippen LogP contribution in [0, 0.1) is 5.92 Å². The highest BCUT2D eigenvalue weighted by Crippen LogP contribution is 2.62. The largest absolute Gasteiger partial charge is 0.467 e. The highest BCUT2D eigenvalue weighted by molar-refractivity contribution is 6.04. The van der Waals surface area contributed by atoms with Crippen LogP contribution in [0.15, 0.2) is 24.3 Å². The summed E-state index contributed by atoms with van der Waals surface area (Å²) in [6, 6.07) is 7.36. The molecule has 7 heteroatoms. The Morgan fingerprint density at radius 1 is 1.22 bits per heavy atom. The molecule has 0 aromatic heterocycles. The summed E-state index contributed by atoms with van der Waals surface area (Å²) in [6.45, 7) is 6.87. The van der Waals surface area contributed by atoms with Crippen molar-refractivity contribution < 1.29 is 28.6 Å². The van der Waals surface area contributed by atoms with Gasteiger partial charge >= 0.3 is 18.0 Å². The molecule has 1 aliphatic carbocycles. The van der Waals surface area contributed by atoms with E-state index in [0.29, 0.717) is 12.1 Å². The van der Waals surface area contributed by atoms with E-state index in [1.807, 2.05) is 18.2 Å². The second-order valence-corrected chi connectivity index (χ2v) is 8.03. The first-order valence-electron chi connectivity index (χ1n) is 8.95. The fourth-order valence-electron chi connectivity index (χ4n) is 4.21. The fraction of sp³-hybridized carbons (Fsp3) is 0.550. The van der Waals surface area contributed by atoms with Gasteiger partial charge in [0.05, 0.1) is 19.4 Å². The molecular weight excluding hydrogens is 350 g/mol. The van der Waals surface area contributed by atoms with Crippen LogP contribution in [0.3, 0.4) is 0 Å². The second-order valence-electron chi connectivity index (χ2n) is 8.03. The van der Waals surface area contributed by atoms with Crippen molar-refractivity contribution in [3.05, 3.63) is 29.8 Å². The molecule has 1 amide bonds. The minimum absolute atomic E-state index is 0.0819. The summed E-state index contributed by atoms with van der Waals surface area (Å²) in [6.07, 6.45) is -0.250. The SMILES string of the molecule is COC(=O)[C@@]12C[C@@H](COC(C)=O)C1c1ccccc1N2C(=O)OC(C)(C)C. The molecule has 0 radical (unpaired) electrons. The Morgan fingerprint density at radius 3 is 2.48 bits per heavy atom. The number of anilines is 1. The Morgan fingerprint density at radius 2 is 1.89 bits per heavy atom. The number of carbonyl (C=O) groups excluding carboxylic acids is 3. The number of benzene rings is 1. The number of amides is 1. The zero-order valence-corrected chi connectivity index (χ0v) is 16.3. The summed E-state index contributed by atoms with van der Waals surface area (Å²) in [7, 11) is 1.31. The summed E-state index contributed by atoms with van der Waals surface area (Å²) >= 11 is 0. The molecule has 0 saturated heterocycles. The van der Waals surface area contributed by atoms with Gasteiger partial charge in [0.1, 0.15) is 5.60 Å². The number of rotatable bonds is 3. The van der Waals surface area contributed by atoms with Gasteiger partial charge in [0.25, 0.3) is 0 Å². The lowest BCUT2D eigenvalue weighted by Gasteiger charge is -2.51. The van der Waals surface area contributed by atoms with Crippen molar-refractivity contribution >= 4 is 23.7 Å². The van der Waals surface area contributed by atoms with Crippen molar-refractivity contribution in [3.8, 4) is 0 Å². The average Bonchev–Trinajstić information content (AvgIpc) is 2.78. The number of hydrogen-bond acceptors (Lipinski definition) is 6. The van der Waals surface area contributed by atoms with E-state index >= 15 is 0 Å². The third-order valence-corrected chi connectivity index (χ3v) is 5.09. The van der Waals surface area contributed by atoms with Gasteiger partial charge in [-0.2, -0.15) is 0 Å². The van der Waals surface area contributed by atoms with Crippen LogP contribution in [-0.2, 0) is 23.8 Å². The van der Waals surface area contributed by atoms with E-state index in [-0.39, 0.29) is 24.4 Å². The number of para-hydroxylation sites is 1. The molecule has 27 heavy (non-hydrogen) atoms. The maximum absolute atomic E-state index is 13.0. The van der Waals surface area contributed by atoms with Crippen molar-refractivity contribution in [2.24, 2.45) is 5.92 Å². The molecule has 0 N–H and O–H groups in total. The van der Waals surface area contributed by atoms with Crippen molar-refractivity contribution in [2.45, 2.75) is 51.2 Å². The van der Waals surface area contributed by atoms with Crippen LogP contribution in [0.1, 0.15) is 45.6 Å². The van der Waals surface area contributed by atoms with Gasteiger partial charge in [0.15, 0.2) is 5.54 Å². The molecule has 1 saturated carbocycles. The second kappa shape index (κ2) is 6.55. The van der Waals surface area contributed by atoms with Gasteiger partial charge in [0.2, 0.25) is 0 Å². The Hall–Kier alpha value is -2.57. The van der Waals surface area contributed by atoms with E-state index in [9.17, 15) is 14.4 Å². The average molecular weight is 375 g/mol. The maximum Gasteiger partial charge on any atom is 0.415 e. The number of carbonyl (C=O) groups is 3. The highest BCUT2D eigenvalue weighted by Gasteiger charge is 2.70. The third kappa shape index (κ3) is 3.05. The number of nitrogens with zero attached hydrogens (tertiary/aromatic N) is 1. The van der Waals surface area contributed by atoms with Gasteiger partial charge in [0, 0.05) is 18.8 Å². The Bertz CT molecular complexity index is 783. The standard InChI is InChI=1S/C20H25NO6/c1-12(22)26-11-13-10-20(17(23)25-5)16(13)14-8-6-7-9-15(14)21(20)18(24)27-19(2,3)4/h6-9,13,16H,10-11H2,1-5H3/t13-,16?,20+/m0/s1. The Kier molecular flexibility index (Phi) is 4.66. The van der Waals surface area contributed by atoms with Gasteiger partial charge in [-0.25, -0.2) is 9.59 Å². The molecule has 1 unspecified atom stereocenters. The Balaban J connectivity index is 2.04. The van der Waals surface area contributed by atoms with E-state index in [1.165, 1.54) is 18.9 Å². The van der Waals surface area contributed by atoms with Crippen LogP contribution in [0.25, 0.3) is 0 Å². The van der Waals surface area contributed by atoms with Gasteiger partial charge < -0.3 is 14.2 Å². The van der Waals surface area contributed by atoms with Crippen molar-refractivity contribution in [1.82, 2.24) is 0 Å². The number of ether oxygens (including phenoxy) is 3. The predicted octanol–water partition coefficient (Wildman–Crippen LogP) is 3.02. The number of esters is 2. The molecule has 1 aliphatic heterocycles. The number of methoxy groups -OCH3 is 1. The van der Waals surface area contributed by atoms with Crippen LogP contribution >= 0.6 is 0 Å². The first-order valence-corrected chi connectivity index (χ1v) is 8.95. The zero-order chi connectivity index (χ0) is 20.0. The Labute approximate surface area is 158 Å². The number of fused-ring (bicyclic) bond motifs is 3. The van der Waals surface area contributed by atoms with Gasteiger partial charge in [-0.05, 0) is 38.8 Å². The van der Waals surface area contributed by atoms with Crippen LogP contribution < -0.4 is 4.90 Å². The predicted molar refractivity (Wildman–Crippen MR) is 97.4 cm³/mol. The van der Waals surface area contributed by atoms with Gasteiger partial charge in [-0.15, -0.1) is 0 Å². The molecule has 1 aromatic rings. The lowest BCUT2D eigenvalue weighted by molar-refractivity contribution is -0.157. The maximum atomic E-state index is 13.0. The summed E-state index contributed by atoms with van der Waals surface area (Å²) in [5, 5.41) is 0. The lowest BCUT2D eigenvalue weighted by atomic mass is 9.58. The van der Waals surface area contributed by atoms with Crippen LogP contribution in [0.4, 0.5) is 10.5 Å². The summed E-state index contributed by atoms with van der Waals surface area (Å²) in [5.74, 6) is -1.26. The molecule has 0 bridgehead atoms. The van der Waals surface area contributed by atoms with Crippen molar-refractivity contribution in [2.75, 3.05) is 18.6 Å². The molecule has 7 nitrogen and oxygen atoms in total. The fourth-order valence-corrected chi connectivity index (χ4v) is 4.21. The van der Waals surface area contributed by atoms with Crippen molar-refractivity contribution in [1.29, 1.82) is 0 Å². The number of hydrogen-bond donors (Lipinski definition) is 0. The minimum Gasteiger partial charge on any atom is -0.467 e. The van der Waals surface area contributed by atoms with E-state index in [2.05, 4.69) is 0 Å². The van der Waals surface area contributed by atoms with Crippen LogP contribution in [0.2, 0.25) is 0 Å². The molecule has 1 fully saturated rings. The van der Waals surface area contributed by atoms with Crippen molar-refractivity contribution in [3.63, 3.8) is 0 Å². The van der Waals surface area contributed by atoms with E-state index in [0.717, 1.165) is 5.56 Å². The first-order chi connectivity index (χ1) is 12.6. The summed E-state index contributed by atoms with van der Waals surface area (Å²) in [4.78, 5) is 38.5. The molecule has 0 spiro atoms. The molecule has 1 heterocycles. The molecule has 3 rings (SSSR count). The quantitative estimate of drug-likeness (QED) is 0.597. The summed E-state index contributed by atoms with van der Waals surface area (Å²) < 4.78 is 15.8.